The van der Waals surface area contributed by atoms with E-state index in [1.54, 1.807) is 0 Å². The van der Waals surface area contributed by atoms with Crippen LogP contribution >= 0.6 is 0 Å². The van der Waals surface area contributed by atoms with Crippen molar-refractivity contribution in [2.75, 3.05) is 13.2 Å². The summed E-state index contributed by atoms with van der Waals surface area (Å²) in [5, 5.41) is 10.7. The molecule has 0 aromatic rings. The second kappa shape index (κ2) is 3.75. The largest absolute Gasteiger partial charge is 0.390 e. The lowest BCUT2D eigenvalue weighted by Gasteiger charge is -2.52. The highest BCUT2D eigenvalue weighted by molar-refractivity contribution is 5.15. The predicted molar refractivity (Wildman–Crippen MR) is 73.7 cm³/mol. The molecule has 0 aromatic heterocycles. The molecule has 1 N–H and O–H groups in total. The Bertz CT molecular complexity index is 381. The van der Waals surface area contributed by atoms with Crippen molar-refractivity contribution in [1.29, 1.82) is 0 Å². The van der Waals surface area contributed by atoms with Gasteiger partial charge in [0.15, 0.2) is 5.79 Å². The molecule has 0 radical (unpaired) electrons. The molecule has 0 unspecified atom stereocenters. The van der Waals surface area contributed by atoms with Gasteiger partial charge in [0.05, 0.1) is 18.8 Å². The van der Waals surface area contributed by atoms with Crippen molar-refractivity contribution in [2.45, 2.75) is 65.3 Å². The molecular formula is C16H28O3. The third kappa shape index (κ3) is 1.61. The van der Waals surface area contributed by atoms with E-state index in [2.05, 4.69) is 27.7 Å². The Morgan fingerprint density at radius 2 is 1.58 bits per heavy atom. The van der Waals surface area contributed by atoms with E-state index in [-0.39, 0.29) is 16.7 Å². The van der Waals surface area contributed by atoms with Crippen LogP contribution in [0, 0.1) is 22.7 Å². The van der Waals surface area contributed by atoms with E-state index in [1.807, 2.05) is 6.92 Å². The lowest BCUT2D eigenvalue weighted by atomic mass is 9.55. The summed E-state index contributed by atoms with van der Waals surface area (Å²) in [6.07, 6.45) is 2.92. The van der Waals surface area contributed by atoms with Gasteiger partial charge >= 0.3 is 0 Å². The predicted octanol–water partition coefficient (Wildman–Crippen LogP) is 2.96. The van der Waals surface area contributed by atoms with Crippen molar-refractivity contribution >= 4 is 0 Å². The second-order valence-electron chi connectivity index (χ2n) is 8.13. The van der Waals surface area contributed by atoms with Crippen LogP contribution in [0.5, 0.6) is 0 Å². The van der Waals surface area contributed by atoms with Crippen molar-refractivity contribution in [3.05, 3.63) is 0 Å². The van der Waals surface area contributed by atoms with Gasteiger partial charge in [0, 0.05) is 11.8 Å². The molecule has 3 nitrogen and oxygen atoms in total. The summed E-state index contributed by atoms with van der Waals surface area (Å²) in [6, 6.07) is 0. The average molecular weight is 268 g/mol. The number of ether oxygens (including phenoxy) is 2. The minimum Gasteiger partial charge on any atom is -0.390 e. The van der Waals surface area contributed by atoms with Crippen LogP contribution in [-0.4, -0.2) is 29.7 Å². The van der Waals surface area contributed by atoms with Crippen molar-refractivity contribution in [1.82, 2.24) is 0 Å². The van der Waals surface area contributed by atoms with Crippen LogP contribution < -0.4 is 0 Å². The average Bonchev–Trinajstić information content (AvgIpc) is 2.80. The molecule has 3 heteroatoms. The highest BCUT2D eigenvalue weighted by Gasteiger charge is 2.70. The minimum absolute atomic E-state index is 0.0535. The first-order chi connectivity index (χ1) is 8.65. The molecule has 3 rings (SSSR count). The van der Waals surface area contributed by atoms with Crippen LogP contribution in [0.1, 0.15) is 53.9 Å². The van der Waals surface area contributed by atoms with Gasteiger partial charge in [-0.1, -0.05) is 27.7 Å². The zero-order chi connectivity index (χ0) is 14.1. The van der Waals surface area contributed by atoms with Gasteiger partial charge in [-0.05, 0) is 37.0 Å². The lowest BCUT2D eigenvalue weighted by molar-refractivity contribution is -0.225. The molecule has 1 heterocycles. The van der Waals surface area contributed by atoms with E-state index in [1.165, 1.54) is 0 Å². The Balaban J connectivity index is 2.04. The van der Waals surface area contributed by atoms with Gasteiger partial charge in [0.2, 0.25) is 0 Å². The van der Waals surface area contributed by atoms with Gasteiger partial charge in [0.25, 0.3) is 0 Å². The number of aliphatic hydroxyl groups is 1. The Hall–Kier alpha value is -0.120. The third-order valence-electron chi connectivity index (χ3n) is 6.58. The number of hydrogen-bond donors (Lipinski definition) is 1. The van der Waals surface area contributed by atoms with E-state index in [0.29, 0.717) is 19.1 Å². The topological polar surface area (TPSA) is 38.7 Å². The summed E-state index contributed by atoms with van der Waals surface area (Å²) in [7, 11) is 0. The van der Waals surface area contributed by atoms with Gasteiger partial charge in [-0.2, -0.15) is 0 Å². The molecule has 1 aliphatic heterocycles. The Morgan fingerprint density at radius 1 is 1.00 bits per heavy atom. The summed E-state index contributed by atoms with van der Waals surface area (Å²) in [4.78, 5) is 0. The Morgan fingerprint density at radius 3 is 2.16 bits per heavy atom. The first-order valence-electron chi connectivity index (χ1n) is 7.65. The Kier molecular flexibility index (Phi) is 2.73. The molecule has 0 aromatic carbocycles. The molecule has 19 heavy (non-hydrogen) atoms. The van der Waals surface area contributed by atoms with Crippen molar-refractivity contribution in [3.63, 3.8) is 0 Å². The standard InChI is InChI=1S/C16H28O3/c1-11-12-13(2,3)16(18-8-9-19-16)10-14(12,4)6-7-15(11,5)17/h11-12,17H,6-10H2,1-5H3/t11-,12+,14-,15+/m0/s1. The van der Waals surface area contributed by atoms with Crippen LogP contribution in [0.2, 0.25) is 0 Å². The summed E-state index contributed by atoms with van der Waals surface area (Å²) >= 11 is 0. The smallest absolute Gasteiger partial charge is 0.174 e. The van der Waals surface area contributed by atoms with E-state index in [0.717, 1.165) is 19.3 Å². The molecular weight excluding hydrogens is 240 g/mol. The Labute approximate surface area is 116 Å². The van der Waals surface area contributed by atoms with E-state index in [9.17, 15) is 5.11 Å². The second-order valence-corrected chi connectivity index (χ2v) is 8.13. The maximum atomic E-state index is 10.7. The monoisotopic (exact) mass is 268 g/mol. The molecule has 110 valence electrons. The van der Waals surface area contributed by atoms with Crippen LogP contribution in [0.3, 0.4) is 0 Å². The SMILES string of the molecule is C[C@H]1[C@@H]2C(C)(C)C3(C[C@]2(C)CC[C@@]1(C)O)OCCO3. The summed E-state index contributed by atoms with van der Waals surface area (Å²) in [5.74, 6) is 0.274. The van der Waals surface area contributed by atoms with Gasteiger partial charge < -0.3 is 14.6 Å². The molecule has 3 aliphatic rings. The number of fused-ring (bicyclic) bond motifs is 1. The van der Waals surface area contributed by atoms with Crippen molar-refractivity contribution in [3.8, 4) is 0 Å². The molecule has 0 amide bonds. The van der Waals surface area contributed by atoms with Crippen LogP contribution in [0.15, 0.2) is 0 Å². The maximum Gasteiger partial charge on any atom is 0.174 e. The summed E-state index contributed by atoms with van der Waals surface area (Å²) in [6.45, 7) is 12.5. The number of hydrogen-bond acceptors (Lipinski definition) is 3. The maximum absolute atomic E-state index is 10.7. The van der Waals surface area contributed by atoms with Crippen LogP contribution in [-0.2, 0) is 9.47 Å². The van der Waals surface area contributed by atoms with Gasteiger partial charge in [-0.25, -0.2) is 0 Å². The van der Waals surface area contributed by atoms with Gasteiger partial charge in [-0.3, -0.25) is 0 Å². The van der Waals surface area contributed by atoms with Crippen molar-refractivity contribution in [2.24, 2.45) is 22.7 Å². The fraction of sp³-hybridized carbons (Fsp3) is 1.00. The molecule has 0 bridgehead atoms. The molecule has 3 fully saturated rings. The zero-order valence-corrected chi connectivity index (χ0v) is 13.0. The highest BCUT2D eigenvalue weighted by atomic mass is 16.7. The quantitative estimate of drug-likeness (QED) is 0.734. The van der Waals surface area contributed by atoms with E-state index >= 15 is 0 Å². The van der Waals surface area contributed by atoms with Crippen LogP contribution in [0.25, 0.3) is 0 Å². The third-order valence-corrected chi connectivity index (χ3v) is 6.58. The van der Waals surface area contributed by atoms with Gasteiger partial charge in [0.1, 0.15) is 0 Å². The first kappa shape index (κ1) is 13.8. The molecule has 2 saturated carbocycles. The first-order valence-corrected chi connectivity index (χ1v) is 7.65. The fourth-order valence-corrected chi connectivity index (χ4v) is 5.50. The van der Waals surface area contributed by atoms with E-state index < -0.39 is 11.4 Å². The van der Waals surface area contributed by atoms with Crippen molar-refractivity contribution < 1.29 is 14.6 Å². The van der Waals surface area contributed by atoms with Gasteiger partial charge in [-0.15, -0.1) is 0 Å². The van der Waals surface area contributed by atoms with Crippen LogP contribution in [0.4, 0.5) is 0 Å². The lowest BCUT2D eigenvalue weighted by Crippen LogP contribution is -2.52. The molecule has 2 aliphatic carbocycles. The highest BCUT2D eigenvalue weighted by Crippen LogP contribution is 2.69. The molecule has 4 atom stereocenters. The normalized spacial score (nSPS) is 51.5. The minimum atomic E-state index is -0.564. The molecule has 1 spiro atoms. The summed E-state index contributed by atoms with van der Waals surface area (Å²) < 4.78 is 12.2. The molecule has 1 saturated heterocycles. The number of rotatable bonds is 0. The summed E-state index contributed by atoms with van der Waals surface area (Å²) in [5.41, 5.74) is -0.400. The fourth-order valence-electron chi connectivity index (χ4n) is 5.50. The zero-order valence-electron chi connectivity index (χ0n) is 13.0. The van der Waals surface area contributed by atoms with E-state index in [4.69, 9.17) is 9.47 Å².